The SMILES string of the molecule is CCc1ccc([SH]2c3ccccc3-c3ccccc32)cc1. The lowest BCUT2D eigenvalue weighted by molar-refractivity contribution is 1.13. The van der Waals surface area contributed by atoms with E-state index in [1.807, 2.05) is 0 Å². The minimum Gasteiger partial charge on any atom is -0.172 e. The molecule has 21 heavy (non-hydrogen) atoms. The lowest BCUT2D eigenvalue weighted by atomic mass is 10.1. The van der Waals surface area contributed by atoms with Crippen molar-refractivity contribution in [2.24, 2.45) is 0 Å². The van der Waals surface area contributed by atoms with Crippen LogP contribution in [-0.2, 0) is 6.42 Å². The molecule has 3 aromatic rings. The summed E-state index contributed by atoms with van der Waals surface area (Å²) in [6.07, 6.45) is 1.10. The Kier molecular flexibility index (Phi) is 3.08. The second-order valence-corrected chi connectivity index (χ2v) is 7.54. The van der Waals surface area contributed by atoms with Gasteiger partial charge in [-0.25, -0.2) is 0 Å². The summed E-state index contributed by atoms with van der Waals surface area (Å²) in [6, 6.07) is 27.0. The highest BCUT2D eigenvalue weighted by Crippen LogP contribution is 2.62. The number of hydrogen-bond donors (Lipinski definition) is 1. The van der Waals surface area contributed by atoms with E-state index in [0.29, 0.717) is 0 Å². The molecule has 1 aliphatic rings. The minimum absolute atomic E-state index is 0.389. The first-order chi connectivity index (χ1) is 10.4. The van der Waals surface area contributed by atoms with E-state index in [9.17, 15) is 0 Å². The predicted molar refractivity (Wildman–Crippen MR) is 91.5 cm³/mol. The van der Waals surface area contributed by atoms with Gasteiger partial charge in [0.05, 0.1) is 0 Å². The van der Waals surface area contributed by atoms with Crippen molar-refractivity contribution in [1.82, 2.24) is 0 Å². The van der Waals surface area contributed by atoms with Crippen LogP contribution in [0.3, 0.4) is 0 Å². The van der Waals surface area contributed by atoms with Crippen LogP contribution in [0, 0.1) is 0 Å². The minimum atomic E-state index is -0.389. The summed E-state index contributed by atoms with van der Waals surface area (Å²) in [5.74, 6) is 0. The molecular weight excluding hydrogens is 272 g/mol. The zero-order valence-corrected chi connectivity index (χ0v) is 13.0. The van der Waals surface area contributed by atoms with Crippen LogP contribution in [0.15, 0.2) is 87.5 Å². The van der Waals surface area contributed by atoms with Gasteiger partial charge in [0, 0.05) is 9.79 Å². The molecule has 104 valence electrons. The normalized spacial score (nSPS) is 13.9. The van der Waals surface area contributed by atoms with Crippen molar-refractivity contribution in [2.75, 3.05) is 0 Å². The molecule has 0 N–H and O–H groups in total. The summed E-state index contributed by atoms with van der Waals surface area (Å²) in [5, 5.41) is 0. The third kappa shape index (κ3) is 2.00. The van der Waals surface area contributed by atoms with Crippen molar-refractivity contribution in [3.63, 3.8) is 0 Å². The molecule has 0 unspecified atom stereocenters. The Labute approximate surface area is 128 Å². The average molecular weight is 290 g/mol. The Balaban J connectivity index is 1.91. The molecule has 3 aromatic carbocycles. The van der Waals surface area contributed by atoms with Gasteiger partial charge in [0.25, 0.3) is 0 Å². The maximum Gasteiger partial charge on any atom is 0.00343 e. The Bertz CT molecular complexity index is 741. The predicted octanol–water partition coefficient (Wildman–Crippen LogP) is 5.71. The zero-order valence-electron chi connectivity index (χ0n) is 12.1. The van der Waals surface area contributed by atoms with Gasteiger partial charge in [-0.1, -0.05) is 55.5 Å². The van der Waals surface area contributed by atoms with Crippen LogP contribution in [0.1, 0.15) is 12.5 Å². The number of rotatable bonds is 2. The third-order valence-corrected chi connectivity index (χ3v) is 6.74. The van der Waals surface area contributed by atoms with E-state index in [1.165, 1.54) is 31.4 Å². The molecule has 0 amide bonds. The standard InChI is InChI=1S/C20H18S/c1-2-15-11-13-16(14-12-15)21-19-9-5-3-7-17(19)18-8-4-6-10-20(18)21/h3-14,21H,2H2,1H3. The highest BCUT2D eigenvalue weighted by atomic mass is 32.2. The van der Waals surface area contributed by atoms with Crippen LogP contribution in [0.25, 0.3) is 11.1 Å². The van der Waals surface area contributed by atoms with E-state index >= 15 is 0 Å². The second kappa shape index (κ2) is 5.09. The Hall–Kier alpha value is -1.99. The molecule has 0 saturated heterocycles. The monoisotopic (exact) mass is 290 g/mol. The van der Waals surface area contributed by atoms with Gasteiger partial charge in [0.2, 0.25) is 0 Å². The van der Waals surface area contributed by atoms with Gasteiger partial charge in [0.1, 0.15) is 0 Å². The zero-order chi connectivity index (χ0) is 14.2. The fourth-order valence-corrected chi connectivity index (χ4v) is 5.69. The van der Waals surface area contributed by atoms with Crippen molar-refractivity contribution in [3.05, 3.63) is 78.4 Å². The highest BCUT2D eigenvalue weighted by Gasteiger charge is 2.26. The van der Waals surface area contributed by atoms with Gasteiger partial charge >= 0.3 is 0 Å². The third-order valence-electron chi connectivity index (χ3n) is 4.18. The molecular formula is C20H18S. The number of thiol groups is 1. The van der Waals surface area contributed by atoms with Crippen molar-refractivity contribution >= 4 is 10.9 Å². The molecule has 1 heteroatoms. The van der Waals surface area contributed by atoms with Crippen LogP contribution in [0.2, 0.25) is 0 Å². The largest absolute Gasteiger partial charge is 0.172 e. The molecule has 1 heterocycles. The second-order valence-electron chi connectivity index (χ2n) is 5.39. The summed E-state index contributed by atoms with van der Waals surface area (Å²) in [7, 11) is -0.389. The van der Waals surface area contributed by atoms with E-state index in [-0.39, 0.29) is 10.9 Å². The van der Waals surface area contributed by atoms with Gasteiger partial charge in [-0.2, -0.15) is 10.9 Å². The molecule has 0 bridgehead atoms. The summed E-state index contributed by atoms with van der Waals surface area (Å²) in [4.78, 5) is 4.45. The highest BCUT2D eigenvalue weighted by molar-refractivity contribution is 8.17. The van der Waals surface area contributed by atoms with Crippen molar-refractivity contribution in [2.45, 2.75) is 28.0 Å². The van der Waals surface area contributed by atoms with Gasteiger partial charge < -0.3 is 0 Å². The summed E-state index contributed by atoms with van der Waals surface area (Å²) in [6.45, 7) is 2.21. The lowest BCUT2D eigenvalue weighted by Crippen LogP contribution is -1.85. The first-order valence-electron chi connectivity index (χ1n) is 7.46. The molecule has 1 aliphatic heterocycles. The van der Waals surface area contributed by atoms with Crippen LogP contribution in [0.5, 0.6) is 0 Å². The molecule has 0 aromatic heterocycles. The maximum atomic E-state index is 2.32. The molecule has 0 atom stereocenters. The Morgan fingerprint density at radius 1 is 0.667 bits per heavy atom. The molecule has 0 fully saturated rings. The van der Waals surface area contributed by atoms with E-state index < -0.39 is 0 Å². The maximum absolute atomic E-state index is 2.32. The van der Waals surface area contributed by atoms with Crippen molar-refractivity contribution < 1.29 is 0 Å². The van der Waals surface area contributed by atoms with E-state index in [4.69, 9.17) is 0 Å². The summed E-state index contributed by atoms with van der Waals surface area (Å²) >= 11 is 0. The number of fused-ring (bicyclic) bond motifs is 3. The molecule has 4 rings (SSSR count). The number of aryl methyl sites for hydroxylation is 1. The Morgan fingerprint density at radius 2 is 1.19 bits per heavy atom. The smallest absolute Gasteiger partial charge is 0.00343 e. The molecule has 0 radical (unpaired) electrons. The van der Waals surface area contributed by atoms with Crippen LogP contribution >= 0.6 is 10.9 Å². The van der Waals surface area contributed by atoms with E-state index in [1.54, 1.807) is 0 Å². The van der Waals surface area contributed by atoms with Gasteiger partial charge in [-0.05, 0) is 52.3 Å². The summed E-state index contributed by atoms with van der Waals surface area (Å²) in [5.41, 5.74) is 4.24. The van der Waals surface area contributed by atoms with Gasteiger partial charge in [-0.3, -0.25) is 0 Å². The molecule has 0 saturated carbocycles. The van der Waals surface area contributed by atoms with Crippen LogP contribution < -0.4 is 0 Å². The number of hydrogen-bond acceptors (Lipinski definition) is 0. The van der Waals surface area contributed by atoms with E-state index in [2.05, 4.69) is 79.7 Å². The first kappa shape index (κ1) is 12.7. The van der Waals surface area contributed by atoms with Gasteiger partial charge in [-0.15, -0.1) is 0 Å². The molecule has 0 nitrogen and oxygen atoms in total. The summed E-state index contributed by atoms with van der Waals surface area (Å²) < 4.78 is 0. The van der Waals surface area contributed by atoms with Gasteiger partial charge in [0.15, 0.2) is 0 Å². The fourth-order valence-electron chi connectivity index (χ4n) is 3.08. The topological polar surface area (TPSA) is 0 Å². The first-order valence-corrected chi connectivity index (χ1v) is 8.80. The fraction of sp³-hybridized carbons (Fsp3) is 0.100. The van der Waals surface area contributed by atoms with E-state index in [0.717, 1.165) is 6.42 Å². The van der Waals surface area contributed by atoms with Crippen LogP contribution in [0.4, 0.5) is 0 Å². The lowest BCUT2D eigenvalue weighted by Gasteiger charge is -2.19. The molecule has 0 aliphatic carbocycles. The molecule has 0 spiro atoms. The quantitative estimate of drug-likeness (QED) is 0.449. The van der Waals surface area contributed by atoms with Crippen LogP contribution in [-0.4, -0.2) is 0 Å². The number of benzene rings is 3. The Morgan fingerprint density at radius 3 is 1.71 bits per heavy atom. The van der Waals surface area contributed by atoms with Crippen molar-refractivity contribution in [3.8, 4) is 11.1 Å². The van der Waals surface area contributed by atoms with Crippen molar-refractivity contribution in [1.29, 1.82) is 0 Å². The average Bonchev–Trinajstić information content (AvgIpc) is 2.90.